The van der Waals surface area contributed by atoms with E-state index in [0.717, 1.165) is 43.6 Å². The van der Waals surface area contributed by atoms with Crippen molar-refractivity contribution in [3.05, 3.63) is 29.6 Å². The molecule has 1 aromatic carbocycles. The number of hydrogen-bond donors (Lipinski definition) is 2. The summed E-state index contributed by atoms with van der Waals surface area (Å²) in [7, 11) is 0. The SMILES string of the molecule is CCCCN(CCO)c1ccc(F)cc1C(C)NCCC. The van der Waals surface area contributed by atoms with Gasteiger partial charge in [0.1, 0.15) is 5.82 Å². The molecule has 120 valence electrons. The third-order valence-electron chi connectivity index (χ3n) is 3.65. The zero-order valence-corrected chi connectivity index (χ0v) is 13.5. The van der Waals surface area contributed by atoms with Gasteiger partial charge in [0.25, 0.3) is 0 Å². The number of halogens is 1. The second kappa shape index (κ2) is 9.74. The Balaban J connectivity index is 3.01. The smallest absolute Gasteiger partial charge is 0.123 e. The van der Waals surface area contributed by atoms with Crippen LogP contribution >= 0.6 is 0 Å². The Morgan fingerprint density at radius 1 is 1.24 bits per heavy atom. The van der Waals surface area contributed by atoms with Crippen LogP contribution in [0, 0.1) is 5.82 Å². The van der Waals surface area contributed by atoms with E-state index in [9.17, 15) is 9.50 Å². The van der Waals surface area contributed by atoms with Crippen molar-refractivity contribution in [2.75, 3.05) is 31.1 Å². The van der Waals surface area contributed by atoms with Crippen LogP contribution in [0.3, 0.4) is 0 Å². The zero-order valence-electron chi connectivity index (χ0n) is 13.5. The standard InChI is InChI=1S/C17H29FN2O/c1-4-6-10-20(11-12-21)17-8-7-15(18)13-16(17)14(3)19-9-5-2/h7-8,13-14,19,21H,4-6,9-12H2,1-3H3. The maximum absolute atomic E-state index is 13.6. The molecule has 0 saturated heterocycles. The van der Waals surface area contributed by atoms with Crippen LogP contribution in [0.4, 0.5) is 10.1 Å². The second-order valence-corrected chi connectivity index (χ2v) is 5.44. The van der Waals surface area contributed by atoms with Crippen molar-refractivity contribution in [3.8, 4) is 0 Å². The Bertz CT molecular complexity index is 412. The predicted octanol–water partition coefficient (Wildman–Crippen LogP) is 3.49. The van der Waals surface area contributed by atoms with E-state index in [1.54, 1.807) is 6.07 Å². The fourth-order valence-corrected chi connectivity index (χ4v) is 2.45. The largest absolute Gasteiger partial charge is 0.395 e. The molecule has 1 rings (SSSR count). The van der Waals surface area contributed by atoms with Gasteiger partial charge in [0.2, 0.25) is 0 Å². The molecule has 21 heavy (non-hydrogen) atoms. The summed E-state index contributed by atoms with van der Waals surface area (Å²) < 4.78 is 13.6. The molecule has 1 unspecified atom stereocenters. The van der Waals surface area contributed by atoms with Gasteiger partial charge in [0.05, 0.1) is 6.61 Å². The van der Waals surface area contributed by atoms with Crippen molar-refractivity contribution < 1.29 is 9.50 Å². The van der Waals surface area contributed by atoms with Gasteiger partial charge in [-0.15, -0.1) is 0 Å². The van der Waals surface area contributed by atoms with Gasteiger partial charge < -0.3 is 15.3 Å². The summed E-state index contributed by atoms with van der Waals surface area (Å²) in [6, 6.07) is 5.04. The molecule has 0 amide bonds. The average Bonchev–Trinajstić information content (AvgIpc) is 2.49. The van der Waals surface area contributed by atoms with Crippen LogP contribution < -0.4 is 10.2 Å². The number of nitrogens with zero attached hydrogens (tertiary/aromatic N) is 1. The molecule has 0 bridgehead atoms. The fourth-order valence-electron chi connectivity index (χ4n) is 2.45. The third-order valence-corrected chi connectivity index (χ3v) is 3.65. The van der Waals surface area contributed by atoms with Gasteiger partial charge in [-0.25, -0.2) is 4.39 Å². The second-order valence-electron chi connectivity index (χ2n) is 5.44. The van der Waals surface area contributed by atoms with Crippen molar-refractivity contribution >= 4 is 5.69 Å². The van der Waals surface area contributed by atoms with Crippen molar-refractivity contribution in [1.82, 2.24) is 5.32 Å². The van der Waals surface area contributed by atoms with Crippen LogP contribution in [-0.2, 0) is 0 Å². The molecule has 0 aromatic heterocycles. The highest BCUT2D eigenvalue weighted by atomic mass is 19.1. The number of hydrogen-bond acceptors (Lipinski definition) is 3. The molecular weight excluding hydrogens is 267 g/mol. The van der Waals surface area contributed by atoms with E-state index in [1.165, 1.54) is 6.07 Å². The van der Waals surface area contributed by atoms with Gasteiger partial charge in [-0.3, -0.25) is 0 Å². The third kappa shape index (κ3) is 5.64. The first-order valence-electron chi connectivity index (χ1n) is 8.02. The first kappa shape index (κ1) is 17.9. The van der Waals surface area contributed by atoms with Gasteiger partial charge >= 0.3 is 0 Å². The molecule has 4 heteroatoms. The highest BCUT2D eigenvalue weighted by Gasteiger charge is 2.16. The lowest BCUT2D eigenvalue weighted by atomic mass is 10.0. The molecule has 0 spiro atoms. The van der Waals surface area contributed by atoms with E-state index >= 15 is 0 Å². The Labute approximate surface area is 128 Å². The maximum Gasteiger partial charge on any atom is 0.123 e. The summed E-state index contributed by atoms with van der Waals surface area (Å²) in [5.41, 5.74) is 1.99. The lowest BCUT2D eigenvalue weighted by Crippen LogP contribution is -2.30. The summed E-state index contributed by atoms with van der Waals surface area (Å²) in [4.78, 5) is 2.16. The van der Waals surface area contributed by atoms with Gasteiger partial charge in [0, 0.05) is 24.8 Å². The molecule has 1 atom stereocenters. The molecule has 1 aromatic rings. The number of benzene rings is 1. The van der Waals surface area contributed by atoms with Gasteiger partial charge in [0.15, 0.2) is 0 Å². The van der Waals surface area contributed by atoms with Crippen LogP contribution in [0.2, 0.25) is 0 Å². The Morgan fingerprint density at radius 3 is 2.62 bits per heavy atom. The average molecular weight is 296 g/mol. The number of nitrogens with one attached hydrogen (secondary N) is 1. The van der Waals surface area contributed by atoms with Crippen LogP contribution in [0.1, 0.15) is 51.6 Å². The molecule has 0 fully saturated rings. The van der Waals surface area contributed by atoms with E-state index in [2.05, 4.69) is 31.0 Å². The molecular formula is C17H29FN2O. The van der Waals surface area contributed by atoms with Crippen LogP contribution in [0.25, 0.3) is 0 Å². The molecule has 0 aliphatic heterocycles. The lowest BCUT2D eigenvalue weighted by Gasteiger charge is -2.28. The van der Waals surface area contributed by atoms with Crippen molar-refractivity contribution in [2.24, 2.45) is 0 Å². The number of unbranched alkanes of at least 4 members (excludes halogenated alkanes) is 1. The van der Waals surface area contributed by atoms with Crippen molar-refractivity contribution in [1.29, 1.82) is 0 Å². The summed E-state index contributed by atoms with van der Waals surface area (Å²) >= 11 is 0. The van der Waals surface area contributed by atoms with E-state index in [-0.39, 0.29) is 18.5 Å². The van der Waals surface area contributed by atoms with E-state index in [4.69, 9.17) is 0 Å². The summed E-state index contributed by atoms with van der Waals surface area (Å²) in [5, 5.41) is 12.7. The number of aliphatic hydroxyl groups is 1. The number of anilines is 1. The zero-order chi connectivity index (χ0) is 15.7. The van der Waals surface area contributed by atoms with Crippen molar-refractivity contribution in [2.45, 2.75) is 46.1 Å². The molecule has 0 aliphatic rings. The Kier molecular flexibility index (Phi) is 8.31. The Hall–Kier alpha value is -1.13. The van der Waals surface area contributed by atoms with E-state index in [1.807, 2.05) is 6.07 Å². The minimum atomic E-state index is -0.210. The molecule has 0 radical (unpaired) electrons. The molecule has 0 saturated carbocycles. The highest BCUT2D eigenvalue weighted by molar-refractivity contribution is 5.55. The molecule has 3 nitrogen and oxygen atoms in total. The normalized spacial score (nSPS) is 12.4. The van der Waals surface area contributed by atoms with E-state index in [0.29, 0.717) is 6.54 Å². The minimum absolute atomic E-state index is 0.0958. The minimum Gasteiger partial charge on any atom is -0.395 e. The lowest BCUT2D eigenvalue weighted by molar-refractivity contribution is 0.301. The fraction of sp³-hybridized carbons (Fsp3) is 0.647. The van der Waals surface area contributed by atoms with Crippen LogP contribution in [0.15, 0.2) is 18.2 Å². The predicted molar refractivity (Wildman–Crippen MR) is 87.3 cm³/mol. The number of aliphatic hydroxyl groups excluding tert-OH is 1. The molecule has 2 N–H and O–H groups in total. The van der Waals surface area contributed by atoms with Gasteiger partial charge in [-0.2, -0.15) is 0 Å². The highest BCUT2D eigenvalue weighted by Crippen LogP contribution is 2.27. The topological polar surface area (TPSA) is 35.5 Å². The quantitative estimate of drug-likeness (QED) is 0.694. The van der Waals surface area contributed by atoms with Gasteiger partial charge in [-0.1, -0.05) is 20.3 Å². The maximum atomic E-state index is 13.6. The van der Waals surface area contributed by atoms with Crippen molar-refractivity contribution in [3.63, 3.8) is 0 Å². The van der Waals surface area contributed by atoms with Gasteiger partial charge in [-0.05, 0) is 50.1 Å². The van der Waals surface area contributed by atoms with E-state index < -0.39 is 0 Å². The van der Waals surface area contributed by atoms with Crippen LogP contribution in [0.5, 0.6) is 0 Å². The Morgan fingerprint density at radius 2 is 2.00 bits per heavy atom. The summed E-state index contributed by atoms with van der Waals surface area (Å²) in [5.74, 6) is -0.210. The summed E-state index contributed by atoms with van der Waals surface area (Å²) in [6.45, 7) is 8.81. The monoisotopic (exact) mass is 296 g/mol. The first-order chi connectivity index (χ1) is 10.1. The number of rotatable bonds is 10. The van der Waals surface area contributed by atoms with Crippen LogP contribution in [-0.4, -0.2) is 31.3 Å². The molecule has 0 heterocycles. The molecule has 0 aliphatic carbocycles. The first-order valence-corrected chi connectivity index (χ1v) is 8.02. The summed E-state index contributed by atoms with van der Waals surface area (Å²) in [6.07, 6.45) is 3.21.